The number of anilines is 1. The first-order chi connectivity index (χ1) is 11.7. The maximum atomic E-state index is 12.6. The molecule has 2 aromatic rings. The van der Waals surface area contributed by atoms with E-state index in [4.69, 9.17) is 14.2 Å². The fourth-order valence-electron chi connectivity index (χ4n) is 2.58. The fraction of sp³-hybridized carbons (Fsp3) is 0.278. The molecule has 0 bridgehead atoms. The topological polar surface area (TPSA) is 68.8 Å². The molecule has 1 aliphatic rings. The fourth-order valence-corrected chi connectivity index (χ4v) is 2.58. The summed E-state index contributed by atoms with van der Waals surface area (Å²) >= 11 is 0. The van der Waals surface area contributed by atoms with Gasteiger partial charge in [0.05, 0.1) is 19.8 Å². The van der Waals surface area contributed by atoms with Crippen LogP contribution in [0.3, 0.4) is 0 Å². The van der Waals surface area contributed by atoms with Crippen LogP contribution in [-0.4, -0.2) is 33.3 Å². The molecule has 0 atom stereocenters. The minimum Gasteiger partial charge on any atom is -0.497 e. The quantitative estimate of drug-likeness (QED) is 0.902. The Morgan fingerprint density at radius 1 is 1.17 bits per heavy atom. The van der Waals surface area contributed by atoms with Crippen molar-refractivity contribution in [1.29, 1.82) is 0 Å². The largest absolute Gasteiger partial charge is 0.497 e. The van der Waals surface area contributed by atoms with E-state index in [1.807, 2.05) is 18.2 Å². The molecule has 2 aromatic carbocycles. The molecule has 3 rings (SSSR count). The first-order valence-electron chi connectivity index (χ1n) is 7.71. The number of carbonyl (C=O) groups excluding carboxylic acids is 1. The molecule has 0 aliphatic carbocycles. The summed E-state index contributed by atoms with van der Waals surface area (Å²) in [5.41, 5.74) is 2.18. The normalized spacial score (nSPS) is 13.2. The van der Waals surface area contributed by atoms with Crippen molar-refractivity contribution in [2.75, 3.05) is 32.7 Å². The average molecular weight is 328 g/mol. The molecule has 1 aliphatic heterocycles. The van der Waals surface area contributed by atoms with Crippen LogP contribution in [0, 0.1) is 0 Å². The Bertz CT molecular complexity index is 746. The van der Waals surface area contributed by atoms with E-state index in [1.54, 1.807) is 25.3 Å². The second-order valence-corrected chi connectivity index (χ2v) is 5.37. The number of carbonyl (C=O) groups is 1. The third kappa shape index (κ3) is 3.44. The van der Waals surface area contributed by atoms with Crippen molar-refractivity contribution in [3.63, 3.8) is 0 Å². The van der Waals surface area contributed by atoms with Crippen LogP contribution in [0.15, 0.2) is 36.4 Å². The van der Waals surface area contributed by atoms with Gasteiger partial charge in [0.2, 0.25) is 0 Å². The SMILES string of the molecule is COc1ccc(C(=O)Nc2ccc3c(c2)CNCCO3)c(OC)c1. The number of nitrogens with one attached hydrogen (secondary N) is 2. The van der Waals surface area contributed by atoms with Gasteiger partial charge in [0.15, 0.2) is 0 Å². The molecule has 0 unspecified atom stereocenters. The smallest absolute Gasteiger partial charge is 0.259 e. The van der Waals surface area contributed by atoms with E-state index in [-0.39, 0.29) is 5.91 Å². The first-order valence-corrected chi connectivity index (χ1v) is 7.71. The molecule has 0 saturated heterocycles. The standard InChI is InChI=1S/C18H20N2O4/c1-22-14-4-5-15(17(10-14)23-2)18(21)20-13-3-6-16-12(9-13)11-19-7-8-24-16/h3-6,9-10,19H,7-8,11H2,1-2H3,(H,20,21). The second kappa shape index (κ2) is 7.23. The summed E-state index contributed by atoms with van der Waals surface area (Å²) in [6, 6.07) is 10.7. The molecule has 0 radical (unpaired) electrons. The van der Waals surface area contributed by atoms with E-state index in [0.717, 1.165) is 17.9 Å². The summed E-state index contributed by atoms with van der Waals surface area (Å²) in [4.78, 5) is 12.6. The summed E-state index contributed by atoms with van der Waals surface area (Å²) in [7, 11) is 3.09. The Morgan fingerprint density at radius 2 is 2.04 bits per heavy atom. The highest BCUT2D eigenvalue weighted by Crippen LogP contribution is 2.27. The maximum absolute atomic E-state index is 12.6. The number of hydrogen-bond donors (Lipinski definition) is 2. The van der Waals surface area contributed by atoms with Crippen molar-refractivity contribution in [3.8, 4) is 17.2 Å². The van der Waals surface area contributed by atoms with Gasteiger partial charge >= 0.3 is 0 Å². The zero-order valence-corrected chi connectivity index (χ0v) is 13.7. The number of fused-ring (bicyclic) bond motifs is 1. The lowest BCUT2D eigenvalue weighted by Crippen LogP contribution is -2.16. The van der Waals surface area contributed by atoms with Crippen LogP contribution in [0.1, 0.15) is 15.9 Å². The summed E-state index contributed by atoms with van der Waals surface area (Å²) in [5, 5.41) is 6.17. The molecule has 0 saturated carbocycles. The van der Waals surface area contributed by atoms with E-state index >= 15 is 0 Å². The van der Waals surface area contributed by atoms with E-state index in [1.165, 1.54) is 7.11 Å². The molecule has 24 heavy (non-hydrogen) atoms. The van der Waals surface area contributed by atoms with Gasteiger partial charge in [-0.3, -0.25) is 4.79 Å². The number of benzene rings is 2. The van der Waals surface area contributed by atoms with E-state index in [0.29, 0.717) is 35.9 Å². The predicted molar refractivity (Wildman–Crippen MR) is 91.1 cm³/mol. The lowest BCUT2D eigenvalue weighted by atomic mass is 10.1. The van der Waals surface area contributed by atoms with Crippen molar-refractivity contribution >= 4 is 11.6 Å². The number of rotatable bonds is 4. The van der Waals surface area contributed by atoms with Crippen LogP contribution in [0.5, 0.6) is 17.2 Å². The van der Waals surface area contributed by atoms with Crippen LogP contribution in [0.2, 0.25) is 0 Å². The summed E-state index contributed by atoms with van der Waals surface area (Å²) in [6.07, 6.45) is 0. The third-order valence-corrected chi connectivity index (χ3v) is 3.82. The highest BCUT2D eigenvalue weighted by Gasteiger charge is 2.15. The van der Waals surface area contributed by atoms with Gasteiger partial charge < -0.3 is 24.8 Å². The zero-order valence-electron chi connectivity index (χ0n) is 13.7. The molecule has 1 amide bonds. The van der Waals surface area contributed by atoms with Gasteiger partial charge in [0.25, 0.3) is 5.91 Å². The van der Waals surface area contributed by atoms with E-state index < -0.39 is 0 Å². The molecule has 1 heterocycles. The lowest BCUT2D eigenvalue weighted by molar-refractivity contribution is 0.102. The van der Waals surface area contributed by atoms with Crippen LogP contribution in [-0.2, 0) is 6.54 Å². The van der Waals surface area contributed by atoms with Gasteiger partial charge in [-0.1, -0.05) is 0 Å². The van der Waals surface area contributed by atoms with Crippen LogP contribution in [0.4, 0.5) is 5.69 Å². The highest BCUT2D eigenvalue weighted by molar-refractivity contribution is 6.06. The molecule has 0 spiro atoms. The molecule has 6 nitrogen and oxygen atoms in total. The van der Waals surface area contributed by atoms with Gasteiger partial charge in [0.1, 0.15) is 23.9 Å². The Kier molecular flexibility index (Phi) is 4.86. The average Bonchev–Trinajstić information content (AvgIpc) is 2.86. The number of ether oxygens (including phenoxy) is 3. The summed E-state index contributed by atoms with van der Waals surface area (Å²) in [5.74, 6) is 1.71. The van der Waals surface area contributed by atoms with E-state index in [2.05, 4.69) is 10.6 Å². The first kappa shape index (κ1) is 16.1. The monoisotopic (exact) mass is 328 g/mol. The maximum Gasteiger partial charge on any atom is 0.259 e. The minimum atomic E-state index is -0.239. The van der Waals surface area contributed by atoms with Crippen molar-refractivity contribution in [2.24, 2.45) is 0 Å². The molecule has 0 fully saturated rings. The molecular formula is C18H20N2O4. The molecule has 6 heteroatoms. The lowest BCUT2D eigenvalue weighted by Gasteiger charge is -2.12. The number of methoxy groups -OCH3 is 2. The van der Waals surface area contributed by atoms with Gasteiger partial charge in [-0.25, -0.2) is 0 Å². The van der Waals surface area contributed by atoms with Crippen molar-refractivity contribution in [1.82, 2.24) is 5.32 Å². The zero-order chi connectivity index (χ0) is 16.9. The second-order valence-electron chi connectivity index (χ2n) is 5.37. The summed E-state index contributed by atoms with van der Waals surface area (Å²) in [6.45, 7) is 2.16. The molecule has 126 valence electrons. The van der Waals surface area contributed by atoms with Gasteiger partial charge in [0, 0.05) is 30.4 Å². The minimum absolute atomic E-state index is 0.239. The Morgan fingerprint density at radius 3 is 2.83 bits per heavy atom. The molecule has 2 N–H and O–H groups in total. The Hall–Kier alpha value is -2.73. The van der Waals surface area contributed by atoms with Crippen LogP contribution in [0.25, 0.3) is 0 Å². The van der Waals surface area contributed by atoms with Gasteiger partial charge in [-0.05, 0) is 30.3 Å². The van der Waals surface area contributed by atoms with Crippen LogP contribution < -0.4 is 24.8 Å². The van der Waals surface area contributed by atoms with Crippen molar-refractivity contribution in [2.45, 2.75) is 6.54 Å². The molecular weight excluding hydrogens is 308 g/mol. The van der Waals surface area contributed by atoms with Crippen LogP contribution >= 0.6 is 0 Å². The highest BCUT2D eigenvalue weighted by atomic mass is 16.5. The number of hydrogen-bond acceptors (Lipinski definition) is 5. The van der Waals surface area contributed by atoms with Crippen molar-refractivity contribution in [3.05, 3.63) is 47.5 Å². The Labute approximate surface area is 140 Å². The van der Waals surface area contributed by atoms with E-state index in [9.17, 15) is 4.79 Å². The molecule has 0 aromatic heterocycles. The number of amides is 1. The van der Waals surface area contributed by atoms with Gasteiger partial charge in [-0.2, -0.15) is 0 Å². The third-order valence-electron chi connectivity index (χ3n) is 3.82. The Balaban J connectivity index is 1.81. The van der Waals surface area contributed by atoms with Gasteiger partial charge in [-0.15, -0.1) is 0 Å². The summed E-state index contributed by atoms with van der Waals surface area (Å²) < 4.78 is 16.1. The predicted octanol–water partition coefficient (Wildman–Crippen LogP) is 2.44. The van der Waals surface area contributed by atoms with Crippen molar-refractivity contribution < 1.29 is 19.0 Å².